The fourth-order valence-electron chi connectivity index (χ4n) is 2.35. The van der Waals surface area contributed by atoms with Gasteiger partial charge < -0.3 is 19.6 Å². The number of oxime groups is 1. The van der Waals surface area contributed by atoms with Crippen LogP contribution in [0.3, 0.4) is 0 Å². The fraction of sp³-hybridized carbons (Fsp3) is 0.300. The molecule has 0 aromatic heterocycles. The van der Waals surface area contributed by atoms with Crippen LogP contribution in [0.4, 0.5) is 5.69 Å². The third-order valence-corrected chi connectivity index (χ3v) is 4.07. The predicted octanol–water partition coefficient (Wildman–Crippen LogP) is 4.47. The van der Waals surface area contributed by atoms with Crippen LogP contribution < -0.4 is 14.8 Å². The van der Waals surface area contributed by atoms with Gasteiger partial charge in [-0.25, -0.2) is 0 Å². The Bertz CT molecular complexity index is 804. The first-order valence-corrected chi connectivity index (χ1v) is 8.79. The second-order valence-electron chi connectivity index (χ2n) is 6.07. The second kappa shape index (κ2) is 9.83. The van der Waals surface area contributed by atoms with Gasteiger partial charge in [0.1, 0.15) is 0 Å². The normalized spacial score (nSPS) is 10.9. The van der Waals surface area contributed by atoms with Gasteiger partial charge in [0.25, 0.3) is 5.91 Å². The molecule has 0 saturated heterocycles. The standard InChI is InChI=1S/C20H23ClN2O4/c1-13(2)15-5-7-16(8-6-15)23-19(24)12-27-22-11-14-9-17(21)20(26-4)18(10-14)25-3/h5-11,13H,12H2,1-4H3,(H,23,24)/b22-11-. The van der Waals surface area contributed by atoms with E-state index in [9.17, 15) is 4.79 Å². The van der Waals surface area contributed by atoms with Crippen molar-refractivity contribution in [1.29, 1.82) is 0 Å². The lowest BCUT2D eigenvalue weighted by Crippen LogP contribution is -2.16. The van der Waals surface area contributed by atoms with Gasteiger partial charge in [0.2, 0.25) is 0 Å². The zero-order valence-corrected chi connectivity index (χ0v) is 16.5. The molecule has 1 amide bonds. The van der Waals surface area contributed by atoms with Gasteiger partial charge in [0, 0.05) is 11.3 Å². The molecule has 0 aliphatic heterocycles. The van der Waals surface area contributed by atoms with Gasteiger partial charge in [0.15, 0.2) is 18.1 Å². The molecule has 7 heteroatoms. The summed E-state index contributed by atoms with van der Waals surface area (Å²) in [6.45, 7) is 4.03. The third kappa shape index (κ3) is 5.89. The van der Waals surface area contributed by atoms with Crippen LogP contribution in [-0.4, -0.2) is 32.9 Å². The highest BCUT2D eigenvalue weighted by Gasteiger charge is 2.10. The van der Waals surface area contributed by atoms with E-state index in [4.69, 9.17) is 25.9 Å². The minimum absolute atomic E-state index is 0.205. The van der Waals surface area contributed by atoms with Crippen molar-refractivity contribution in [3.63, 3.8) is 0 Å². The number of nitrogens with one attached hydrogen (secondary N) is 1. The third-order valence-electron chi connectivity index (χ3n) is 3.79. The van der Waals surface area contributed by atoms with Crippen molar-refractivity contribution in [3.8, 4) is 11.5 Å². The summed E-state index contributed by atoms with van der Waals surface area (Å²) in [5.74, 6) is 1.07. The van der Waals surface area contributed by atoms with E-state index >= 15 is 0 Å². The first-order valence-electron chi connectivity index (χ1n) is 8.41. The van der Waals surface area contributed by atoms with Crippen molar-refractivity contribution in [2.45, 2.75) is 19.8 Å². The monoisotopic (exact) mass is 390 g/mol. The highest BCUT2D eigenvalue weighted by molar-refractivity contribution is 6.32. The highest BCUT2D eigenvalue weighted by atomic mass is 35.5. The maximum Gasteiger partial charge on any atom is 0.265 e. The van der Waals surface area contributed by atoms with Gasteiger partial charge in [-0.15, -0.1) is 0 Å². The van der Waals surface area contributed by atoms with Crippen molar-refractivity contribution >= 4 is 29.4 Å². The Hall–Kier alpha value is -2.73. The topological polar surface area (TPSA) is 69.2 Å². The van der Waals surface area contributed by atoms with Crippen LogP contribution in [0.1, 0.15) is 30.9 Å². The minimum atomic E-state index is -0.296. The number of carbonyl (C=O) groups excluding carboxylic acids is 1. The quantitative estimate of drug-likeness (QED) is 0.533. The Morgan fingerprint density at radius 1 is 1.19 bits per heavy atom. The molecular weight excluding hydrogens is 368 g/mol. The van der Waals surface area contributed by atoms with Crippen LogP contribution in [0.15, 0.2) is 41.6 Å². The Balaban J connectivity index is 1.88. The Morgan fingerprint density at radius 3 is 2.48 bits per heavy atom. The van der Waals surface area contributed by atoms with Crippen LogP contribution in [0, 0.1) is 0 Å². The summed E-state index contributed by atoms with van der Waals surface area (Å²) in [4.78, 5) is 17.0. The molecule has 144 valence electrons. The van der Waals surface area contributed by atoms with E-state index in [1.807, 2.05) is 24.3 Å². The molecule has 0 bridgehead atoms. The summed E-state index contributed by atoms with van der Waals surface area (Å²) in [6.07, 6.45) is 1.44. The summed E-state index contributed by atoms with van der Waals surface area (Å²) in [7, 11) is 3.03. The first-order chi connectivity index (χ1) is 12.9. The summed E-state index contributed by atoms with van der Waals surface area (Å²) in [5.41, 5.74) is 2.58. The Labute approximate surface area is 164 Å². The van der Waals surface area contributed by atoms with E-state index in [0.717, 1.165) is 0 Å². The molecule has 2 aromatic carbocycles. The number of hydrogen-bond acceptors (Lipinski definition) is 5. The zero-order valence-electron chi connectivity index (χ0n) is 15.8. The van der Waals surface area contributed by atoms with E-state index < -0.39 is 0 Å². The fourth-order valence-corrected chi connectivity index (χ4v) is 2.65. The van der Waals surface area contributed by atoms with E-state index in [1.165, 1.54) is 26.0 Å². The molecule has 0 fully saturated rings. The molecule has 1 N–H and O–H groups in total. The van der Waals surface area contributed by atoms with Crippen LogP contribution in [-0.2, 0) is 9.63 Å². The molecule has 0 unspecified atom stereocenters. The van der Waals surface area contributed by atoms with Crippen LogP contribution in [0.5, 0.6) is 11.5 Å². The molecule has 0 atom stereocenters. The smallest absolute Gasteiger partial charge is 0.265 e. The van der Waals surface area contributed by atoms with Crippen molar-refractivity contribution in [2.24, 2.45) is 5.16 Å². The molecular formula is C20H23ClN2O4. The van der Waals surface area contributed by atoms with Gasteiger partial charge in [-0.05, 0) is 35.7 Å². The average molecular weight is 391 g/mol. The molecule has 2 rings (SSSR count). The van der Waals surface area contributed by atoms with Crippen molar-refractivity contribution in [2.75, 3.05) is 26.1 Å². The van der Waals surface area contributed by atoms with Gasteiger partial charge in [0.05, 0.1) is 25.5 Å². The second-order valence-corrected chi connectivity index (χ2v) is 6.48. The minimum Gasteiger partial charge on any atom is -0.493 e. The highest BCUT2D eigenvalue weighted by Crippen LogP contribution is 2.35. The molecule has 0 heterocycles. The number of benzene rings is 2. The number of halogens is 1. The number of amides is 1. The van der Waals surface area contributed by atoms with Crippen LogP contribution in [0.25, 0.3) is 0 Å². The van der Waals surface area contributed by atoms with Crippen LogP contribution in [0.2, 0.25) is 5.02 Å². The van der Waals surface area contributed by atoms with Gasteiger partial charge >= 0.3 is 0 Å². The SMILES string of the molecule is COc1cc(/C=N\OCC(=O)Nc2ccc(C(C)C)cc2)cc(Cl)c1OC. The summed E-state index contributed by atoms with van der Waals surface area (Å²) < 4.78 is 10.4. The van der Waals surface area contributed by atoms with Gasteiger partial charge in [-0.3, -0.25) is 4.79 Å². The maximum absolute atomic E-state index is 11.9. The van der Waals surface area contributed by atoms with E-state index in [-0.39, 0.29) is 12.5 Å². The molecule has 0 spiro atoms. The van der Waals surface area contributed by atoms with E-state index in [1.54, 1.807) is 12.1 Å². The molecule has 0 saturated carbocycles. The number of carbonyl (C=O) groups is 1. The van der Waals surface area contributed by atoms with Crippen molar-refractivity contribution in [3.05, 3.63) is 52.5 Å². The number of rotatable bonds is 8. The molecule has 0 radical (unpaired) electrons. The molecule has 2 aromatic rings. The van der Waals surface area contributed by atoms with E-state index in [0.29, 0.717) is 33.7 Å². The number of anilines is 1. The first kappa shape index (κ1) is 20.6. The van der Waals surface area contributed by atoms with Gasteiger partial charge in [-0.2, -0.15) is 0 Å². The summed E-state index contributed by atoms with van der Waals surface area (Å²) in [5, 5.41) is 6.94. The number of nitrogens with zero attached hydrogens (tertiary/aromatic N) is 1. The Kier molecular flexibility index (Phi) is 7.49. The number of methoxy groups -OCH3 is 2. The maximum atomic E-state index is 11.9. The largest absolute Gasteiger partial charge is 0.493 e. The van der Waals surface area contributed by atoms with E-state index in [2.05, 4.69) is 24.3 Å². The Morgan fingerprint density at radius 2 is 1.89 bits per heavy atom. The van der Waals surface area contributed by atoms with Gasteiger partial charge in [-0.1, -0.05) is 42.7 Å². The molecule has 27 heavy (non-hydrogen) atoms. The van der Waals surface area contributed by atoms with Crippen molar-refractivity contribution < 1.29 is 19.1 Å². The lowest BCUT2D eigenvalue weighted by molar-refractivity contribution is -0.120. The lowest BCUT2D eigenvalue weighted by atomic mass is 10.0. The lowest BCUT2D eigenvalue weighted by Gasteiger charge is -2.10. The van der Waals surface area contributed by atoms with Crippen LogP contribution >= 0.6 is 11.6 Å². The summed E-state index contributed by atoms with van der Waals surface area (Å²) >= 11 is 6.13. The predicted molar refractivity (Wildman–Crippen MR) is 107 cm³/mol. The number of hydrogen-bond donors (Lipinski definition) is 1. The van der Waals surface area contributed by atoms with Crippen molar-refractivity contribution in [1.82, 2.24) is 0 Å². The molecule has 6 nitrogen and oxygen atoms in total. The molecule has 0 aliphatic rings. The average Bonchev–Trinajstić information content (AvgIpc) is 2.65. The zero-order chi connectivity index (χ0) is 19.8. The number of ether oxygens (including phenoxy) is 2. The summed E-state index contributed by atoms with van der Waals surface area (Å²) in [6, 6.07) is 11.1. The molecule has 0 aliphatic carbocycles.